The first-order valence-electron chi connectivity index (χ1n) is 8.10. The number of hydrogen-bond donors (Lipinski definition) is 2. The highest BCUT2D eigenvalue weighted by molar-refractivity contribution is 7.92. The number of aryl methyl sites for hydroxylation is 1. The third-order valence-electron chi connectivity index (χ3n) is 3.90. The summed E-state index contributed by atoms with van der Waals surface area (Å²) in [6.07, 6.45) is 0. The molecule has 0 aliphatic carbocycles. The Kier molecular flexibility index (Phi) is 5.23. The van der Waals surface area contributed by atoms with Crippen LogP contribution >= 0.6 is 0 Å². The molecule has 0 spiro atoms. The van der Waals surface area contributed by atoms with Gasteiger partial charge in [0, 0.05) is 16.9 Å². The minimum atomic E-state index is -3.70. The molecular weight excluding hydrogens is 367 g/mol. The van der Waals surface area contributed by atoms with E-state index in [-0.39, 0.29) is 4.90 Å². The van der Waals surface area contributed by atoms with Crippen LogP contribution in [0.4, 0.5) is 15.8 Å². The van der Waals surface area contributed by atoms with E-state index in [1.54, 1.807) is 31.2 Å². The Labute approximate surface area is 156 Å². The van der Waals surface area contributed by atoms with Crippen molar-refractivity contribution in [2.24, 2.45) is 0 Å². The van der Waals surface area contributed by atoms with Crippen LogP contribution in [0.3, 0.4) is 0 Å². The number of amides is 1. The minimum Gasteiger partial charge on any atom is -0.322 e. The smallest absolute Gasteiger partial charge is 0.261 e. The van der Waals surface area contributed by atoms with Gasteiger partial charge in [-0.1, -0.05) is 24.3 Å². The Bertz CT molecular complexity index is 1070. The van der Waals surface area contributed by atoms with Crippen LogP contribution in [0.25, 0.3) is 0 Å². The zero-order chi connectivity index (χ0) is 19.4. The van der Waals surface area contributed by atoms with Crippen LogP contribution < -0.4 is 10.0 Å². The summed E-state index contributed by atoms with van der Waals surface area (Å²) < 4.78 is 40.4. The molecule has 1 amide bonds. The van der Waals surface area contributed by atoms with Crippen LogP contribution in [0.2, 0.25) is 0 Å². The number of carbonyl (C=O) groups excluding carboxylic acids is 1. The highest BCUT2D eigenvalue weighted by atomic mass is 32.2. The van der Waals surface area contributed by atoms with E-state index in [1.165, 1.54) is 48.5 Å². The van der Waals surface area contributed by atoms with Crippen LogP contribution in [0.15, 0.2) is 77.7 Å². The topological polar surface area (TPSA) is 75.3 Å². The average molecular weight is 384 g/mol. The second-order valence-electron chi connectivity index (χ2n) is 5.91. The van der Waals surface area contributed by atoms with E-state index in [4.69, 9.17) is 0 Å². The van der Waals surface area contributed by atoms with E-state index < -0.39 is 21.7 Å². The molecule has 0 aromatic heterocycles. The van der Waals surface area contributed by atoms with Crippen molar-refractivity contribution in [2.75, 3.05) is 10.0 Å². The van der Waals surface area contributed by atoms with E-state index in [0.717, 1.165) is 5.56 Å². The quantitative estimate of drug-likeness (QED) is 0.693. The Balaban J connectivity index is 1.73. The van der Waals surface area contributed by atoms with Crippen molar-refractivity contribution in [3.8, 4) is 0 Å². The van der Waals surface area contributed by atoms with Gasteiger partial charge in [0.05, 0.1) is 4.90 Å². The number of benzene rings is 3. The van der Waals surface area contributed by atoms with Crippen molar-refractivity contribution >= 4 is 27.3 Å². The number of carbonyl (C=O) groups is 1. The van der Waals surface area contributed by atoms with Crippen molar-refractivity contribution in [1.29, 1.82) is 0 Å². The first-order valence-corrected chi connectivity index (χ1v) is 9.59. The van der Waals surface area contributed by atoms with Crippen molar-refractivity contribution < 1.29 is 17.6 Å². The summed E-state index contributed by atoms with van der Waals surface area (Å²) in [5, 5.41) is 2.64. The van der Waals surface area contributed by atoms with E-state index >= 15 is 0 Å². The Morgan fingerprint density at radius 2 is 1.59 bits per heavy atom. The van der Waals surface area contributed by atoms with E-state index in [9.17, 15) is 17.6 Å². The maximum absolute atomic E-state index is 13.3. The summed E-state index contributed by atoms with van der Waals surface area (Å²) in [4.78, 5) is 12.5. The first kappa shape index (κ1) is 18.6. The number of sulfonamides is 1. The lowest BCUT2D eigenvalue weighted by Crippen LogP contribution is -2.14. The van der Waals surface area contributed by atoms with Gasteiger partial charge in [0.15, 0.2) is 0 Å². The van der Waals surface area contributed by atoms with Gasteiger partial charge in [-0.05, 0) is 61.0 Å². The number of halogens is 1. The molecule has 0 fully saturated rings. The normalized spacial score (nSPS) is 11.0. The Morgan fingerprint density at radius 1 is 0.926 bits per heavy atom. The maximum Gasteiger partial charge on any atom is 0.261 e. The molecule has 3 aromatic rings. The zero-order valence-electron chi connectivity index (χ0n) is 14.4. The maximum atomic E-state index is 13.3. The van der Waals surface area contributed by atoms with Gasteiger partial charge >= 0.3 is 0 Å². The third kappa shape index (κ3) is 4.51. The van der Waals surface area contributed by atoms with Crippen molar-refractivity contribution in [2.45, 2.75) is 11.8 Å². The predicted octanol–water partition coefficient (Wildman–Crippen LogP) is 4.19. The molecule has 0 atom stereocenters. The number of anilines is 2. The summed E-state index contributed by atoms with van der Waals surface area (Å²) in [5.41, 5.74) is 1.77. The summed E-state index contributed by atoms with van der Waals surface area (Å²) in [5.74, 6) is -0.859. The molecule has 0 aliphatic heterocycles. The van der Waals surface area contributed by atoms with Gasteiger partial charge in [0.25, 0.3) is 15.9 Å². The molecule has 0 heterocycles. The van der Waals surface area contributed by atoms with Gasteiger partial charge in [0.1, 0.15) is 5.82 Å². The Morgan fingerprint density at radius 3 is 2.26 bits per heavy atom. The molecule has 5 nitrogen and oxygen atoms in total. The summed E-state index contributed by atoms with van der Waals surface area (Å²) in [6, 6.07) is 18.1. The molecule has 138 valence electrons. The van der Waals surface area contributed by atoms with E-state index in [1.807, 2.05) is 0 Å². The molecule has 0 aliphatic rings. The zero-order valence-corrected chi connectivity index (χ0v) is 15.3. The second-order valence-corrected chi connectivity index (χ2v) is 7.59. The van der Waals surface area contributed by atoms with Crippen molar-refractivity contribution in [3.05, 3.63) is 89.7 Å². The number of nitrogens with one attached hydrogen (secondary N) is 2. The monoisotopic (exact) mass is 384 g/mol. The van der Waals surface area contributed by atoms with Gasteiger partial charge in [-0.25, -0.2) is 12.8 Å². The fraction of sp³-hybridized carbons (Fsp3) is 0.0500. The highest BCUT2D eigenvalue weighted by Crippen LogP contribution is 2.19. The van der Waals surface area contributed by atoms with Crippen molar-refractivity contribution in [1.82, 2.24) is 0 Å². The third-order valence-corrected chi connectivity index (χ3v) is 5.30. The highest BCUT2D eigenvalue weighted by Gasteiger charge is 2.14. The molecular formula is C20H17FN2O3S. The van der Waals surface area contributed by atoms with Gasteiger partial charge in [-0.3, -0.25) is 9.52 Å². The lowest BCUT2D eigenvalue weighted by Gasteiger charge is -2.10. The van der Waals surface area contributed by atoms with Gasteiger partial charge in [-0.15, -0.1) is 0 Å². The van der Waals surface area contributed by atoms with Gasteiger partial charge in [0.2, 0.25) is 0 Å². The second kappa shape index (κ2) is 7.59. The fourth-order valence-corrected chi connectivity index (χ4v) is 3.51. The summed E-state index contributed by atoms with van der Waals surface area (Å²) in [7, 11) is -3.70. The first-order chi connectivity index (χ1) is 12.8. The van der Waals surface area contributed by atoms with Crippen molar-refractivity contribution in [3.63, 3.8) is 0 Å². The molecule has 0 saturated heterocycles. The molecule has 2 N–H and O–H groups in total. The van der Waals surface area contributed by atoms with Crippen LogP contribution in [-0.2, 0) is 10.0 Å². The molecule has 7 heteroatoms. The van der Waals surface area contributed by atoms with E-state index in [2.05, 4.69) is 10.0 Å². The van der Waals surface area contributed by atoms with Crippen LogP contribution in [0, 0.1) is 12.7 Å². The fourth-order valence-electron chi connectivity index (χ4n) is 2.43. The van der Waals surface area contributed by atoms with Gasteiger partial charge < -0.3 is 5.32 Å². The van der Waals surface area contributed by atoms with Crippen LogP contribution in [0.1, 0.15) is 15.9 Å². The standard InChI is InChI=1S/C20H17FN2O3S/c1-14-7-10-16(21)13-19(14)22-20(24)15-8-11-17(12-9-15)23-27(25,26)18-5-3-2-4-6-18/h2-13,23H,1H3,(H,22,24). The minimum absolute atomic E-state index is 0.147. The van der Waals surface area contributed by atoms with Crippen LogP contribution in [-0.4, -0.2) is 14.3 Å². The molecule has 0 bridgehead atoms. The van der Waals surface area contributed by atoms with Gasteiger partial charge in [-0.2, -0.15) is 0 Å². The molecule has 27 heavy (non-hydrogen) atoms. The molecule has 3 aromatic carbocycles. The molecule has 0 radical (unpaired) electrons. The van der Waals surface area contributed by atoms with E-state index in [0.29, 0.717) is 16.9 Å². The SMILES string of the molecule is Cc1ccc(F)cc1NC(=O)c1ccc(NS(=O)(=O)c2ccccc2)cc1. The molecule has 0 saturated carbocycles. The molecule has 3 rings (SSSR count). The van der Waals surface area contributed by atoms with Crippen LogP contribution in [0.5, 0.6) is 0 Å². The predicted molar refractivity (Wildman–Crippen MR) is 103 cm³/mol. The summed E-state index contributed by atoms with van der Waals surface area (Å²) in [6.45, 7) is 1.76. The lowest BCUT2D eigenvalue weighted by atomic mass is 10.1. The molecule has 0 unspecified atom stereocenters. The lowest BCUT2D eigenvalue weighted by molar-refractivity contribution is 0.102. The average Bonchev–Trinajstić information content (AvgIpc) is 2.66. The Hall–Kier alpha value is -3.19. The number of hydrogen-bond acceptors (Lipinski definition) is 3. The largest absolute Gasteiger partial charge is 0.322 e. The number of rotatable bonds is 5. The summed E-state index contributed by atoms with van der Waals surface area (Å²) >= 11 is 0.